The van der Waals surface area contributed by atoms with Crippen LogP contribution in [0.4, 0.5) is 0 Å². The zero-order valence-corrected chi connectivity index (χ0v) is 11.2. The van der Waals surface area contributed by atoms with Gasteiger partial charge >= 0.3 is 0 Å². The smallest absolute Gasteiger partial charge is 0.0223 e. The second kappa shape index (κ2) is 5.25. The highest BCUT2D eigenvalue weighted by molar-refractivity contribution is 4.92. The summed E-state index contributed by atoms with van der Waals surface area (Å²) in [5.41, 5.74) is 0. The predicted octanol–water partition coefficient (Wildman–Crippen LogP) is 1.30. The highest BCUT2D eigenvalue weighted by Crippen LogP contribution is 2.28. The number of rotatable bonds is 2. The molecule has 1 aliphatic carbocycles. The Morgan fingerprint density at radius 1 is 0.882 bits per heavy atom. The van der Waals surface area contributed by atoms with Crippen molar-refractivity contribution in [1.82, 2.24) is 15.1 Å². The number of fused-ring (bicyclic) bond motifs is 1. The van der Waals surface area contributed by atoms with E-state index in [1.54, 1.807) is 0 Å². The largest absolute Gasteiger partial charge is 0.317 e. The SMILES string of the molecule is CNC1CCC(N2CCN3CCCCC3C2)C1. The summed E-state index contributed by atoms with van der Waals surface area (Å²) in [4.78, 5) is 5.54. The molecule has 2 heterocycles. The summed E-state index contributed by atoms with van der Waals surface area (Å²) in [5.74, 6) is 0. The zero-order chi connectivity index (χ0) is 11.7. The van der Waals surface area contributed by atoms with Gasteiger partial charge in [0.25, 0.3) is 0 Å². The van der Waals surface area contributed by atoms with Crippen molar-refractivity contribution in [2.75, 3.05) is 33.2 Å². The van der Waals surface area contributed by atoms with Crippen molar-refractivity contribution in [3.05, 3.63) is 0 Å². The molecule has 3 fully saturated rings. The van der Waals surface area contributed by atoms with Crippen LogP contribution in [0.2, 0.25) is 0 Å². The highest BCUT2D eigenvalue weighted by atomic mass is 15.3. The molecule has 0 aromatic carbocycles. The summed E-state index contributed by atoms with van der Waals surface area (Å²) < 4.78 is 0. The third-order valence-electron chi connectivity index (χ3n) is 5.20. The molecule has 3 heteroatoms. The van der Waals surface area contributed by atoms with Gasteiger partial charge in [0.15, 0.2) is 0 Å². The molecular weight excluding hydrogens is 210 g/mol. The molecule has 2 aliphatic heterocycles. The van der Waals surface area contributed by atoms with Gasteiger partial charge in [-0.2, -0.15) is 0 Å². The molecule has 3 aliphatic rings. The quantitative estimate of drug-likeness (QED) is 0.781. The molecule has 1 saturated carbocycles. The average Bonchev–Trinajstić information content (AvgIpc) is 2.87. The minimum atomic E-state index is 0.782. The maximum absolute atomic E-state index is 3.45. The van der Waals surface area contributed by atoms with Gasteiger partial charge in [0.2, 0.25) is 0 Å². The first-order valence-electron chi connectivity index (χ1n) is 7.52. The van der Waals surface area contributed by atoms with Gasteiger partial charge in [-0.3, -0.25) is 9.80 Å². The number of nitrogens with zero attached hydrogens (tertiary/aromatic N) is 2. The first-order chi connectivity index (χ1) is 8.36. The zero-order valence-electron chi connectivity index (χ0n) is 11.2. The number of piperidine rings is 1. The Morgan fingerprint density at radius 3 is 2.59 bits per heavy atom. The highest BCUT2D eigenvalue weighted by Gasteiger charge is 2.34. The number of hydrogen-bond acceptors (Lipinski definition) is 3. The fourth-order valence-corrected chi connectivity index (χ4v) is 4.06. The van der Waals surface area contributed by atoms with E-state index in [9.17, 15) is 0 Å². The van der Waals surface area contributed by atoms with E-state index in [0.717, 1.165) is 18.1 Å². The monoisotopic (exact) mass is 237 g/mol. The molecule has 0 radical (unpaired) electrons. The van der Waals surface area contributed by atoms with Crippen molar-refractivity contribution in [3.63, 3.8) is 0 Å². The van der Waals surface area contributed by atoms with Crippen LogP contribution in [-0.4, -0.2) is 61.2 Å². The Balaban J connectivity index is 1.55. The van der Waals surface area contributed by atoms with E-state index in [1.807, 2.05) is 0 Å². The number of nitrogens with one attached hydrogen (secondary N) is 1. The van der Waals surface area contributed by atoms with Crippen LogP contribution in [0, 0.1) is 0 Å². The van der Waals surface area contributed by atoms with Crippen LogP contribution >= 0.6 is 0 Å². The lowest BCUT2D eigenvalue weighted by atomic mass is 9.98. The van der Waals surface area contributed by atoms with E-state index in [1.165, 1.54) is 64.7 Å². The van der Waals surface area contributed by atoms with Crippen molar-refractivity contribution in [2.45, 2.75) is 56.7 Å². The van der Waals surface area contributed by atoms with Crippen LogP contribution in [0.25, 0.3) is 0 Å². The molecule has 3 unspecified atom stereocenters. The summed E-state index contributed by atoms with van der Waals surface area (Å²) in [7, 11) is 2.12. The molecule has 2 saturated heterocycles. The Hall–Kier alpha value is -0.120. The summed E-state index contributed by atoms with van der Waals surface area (Å²) in [6.07, 6.45) is 8.51. The van der Waals surface area contributed by atoms with Gasteiger partial charge in [0.1, 0.15) is 0 Å². The first-order valence-corrected chi connectivity index (χ1v) is 7.52. The first kappa shape index (κ1) is 11.9. The summed E-state index contributed by atoms with van der Waals surface area (Å²) >= 11 is 0. The third-order valence-corrected chi connectivity index (χ3v) is 5.20. The van der Waals surface area contributed by atoms with Crippen LogP contribution in [-0.2, 0) is 0 Å². The number of piperazine rings is 1. The normalized spacial score (nSPS) is 40.4. The number of hydrogen-bond donors (Lipinski definition) is 1. The minimum absolute atomic E-state index is 0.782. The molecule has 0 spiro atoms. The second-order valence-electron chi connectivity index (χ2n) is 6.13. The predicted molar refractivity (Wildman–Crippen MR) is 71.3 cm³/mol. The molecule has 98 valence electrons. The van der Waals surface area contributed by atoms with Crippen molar-refractivity contribution in [1.29, 1.82) is 0 Å². The molecular formula is C14H27N3. The van der Waals surface area contributed by atoms with E-state index in [0.29, 0.717) is 0 Å². The molecule has 0 aromatic heterocycles. The molecule has 3 rings (SSSR count). The summed E-state index contributed by atoms with van der Waals surface area (Å²) in [5, 5.41) is 3.45. The Morgan fingerprint density at radius 2 is 1.76 bits per heavy atom. The van der Waals surface area contributed by atoms with E-state index in [-0.39, 0.29) is 0 Å². The molecule has 1 N–H and O–H groups in total. The van der Waals surface area contributed by atoms with Crippen molar-refractivity contribution >= 4 is 0 Å². The molecule has 0 amide bonds. The second-order valence-corrected chi connectivity index (χ2v) is 6.13. The fourth-order valence-electron chi connectivity index (χ4n) is 4.06. The molecule has 0 bridgehead atoms. The Labute approximate surface area is 106 Å². The van der Waals surface area contributed by atoms with Gasteiger partial charge in [-0.05, 0) is 45.7 Å². The van der Waals surface area contributed by atoms with Crippen molar-refractivity contribution in [2.24, 2.45) is 0 Å². The molecule has 0 aromatic rings. The van der Waals surface area contributed by atoms with Gasteiger partial charge < -0.3 is 5.32 Å². The minimum Gasteiger partial charge on any atom is -0.317 e. The third kappa shape index (κ3) is 2.51. The Bertz CT molecular complexity index is 256. The lowest BCUT2D eigenvalue weighted by Gasteiger charge is -2.46. The van der Waals surface area contributed by atoms with E-state index in [2.05, 4.69) is 22.2 Å². The molecule has 17 heavy (non-hydrogen) atoms. The summed E-state index contributed by atoms with van der Waals surface area (Å²) in [6.45, 7) is 5.35. The molecule has 3 nitrogen and oxygen atoms in total. The van der Waals surface area contributed by atoms with Crippen molar-refractivity contribution in [3.8, 4) is 0 Å². The maximum atomic E-state index is 3.45. The van der Waals surface area contributed by atoms with Crippen molar-refractivity contribution < 1.29 is 0 Å². The van der Waals surface area contributed by atoms with E-state index in [4.69, 9.17) is 0 Å². The van der Waals surface area contributed by atoms with Crippen LogP contribution in [0.5, 0.6) is 0 Å². The Kier molecular flexibility index (Phi) is 3.69. The van der Waals surface area contributed by atoms with E-state index >= 15 is 0 Å². The van der Waals surface area contributed by atoms with Gasteiger partial charge in [-0.15, -0.1) is 0 Å². The molecule has 3 atom stereocenters. The van der Waals surface area contributed by atoms with Gasteiger partial charge in [0, 0.05) is 37.8 Å². The maximum Gasteiger partial charge on any atom is 0.0223 e. The van der Waals surface area contributed by atoms with E-state index < -0.39 is 0 Å². The summed E-state index contributed by atoms with van der Waals surface area (Å²) in [6, 6.07) is 2.53. The van der Waals surface area contributed by atoms with Crippen LogP contribution in [0.15, 0.2) is 0 Å². The van der Waals surface area contributed by atoms with Gasteiger partial charge in [-0.1, -0.05) is 6.42 Å². The van der Waals surface area contributed by atoms with Gasteiger partial charge in [-0.25, -0.2) is 0 Å². The van der Waals surface area contributed by atoms with Gasteiger partial charge in [0.05, 0.1) is 0 Å². The fraction of sp³-hybridized carbons (Fsp3) is 1.00. The topological polar surface area (TPSA) is 18.5 Å². The van der Waals surface area contributed by atoms with Crippen LogP contribution in [0.3, 0.4) is 0 Å². The van der Waals surface area contributed by atoms with Crippen LogP contribution in [0.1, 0.15) is 38.5 Å². The lowest BCUT2D eigenvalue weighted by molar-refractivity contribution is 0.0283. The lowest BCUT2D eigenvalue weighted by Crippen LogP contribution is -2.56. The average molecular weight is 237 g/mol. The standard InChI is InChI=1S/C14H27N3/c1-15-12-5-6-13(10-12)17-9-8-16-7-3-2-4-14(16)11-17/h12-15H,2-11H2,1H3. The van der Waals surface area contributed by atoms with Crippen LogP contribution < -0.4 is 5.32 Å².